The van der Waals surface area contributed by atoms with Crippen molar-refractivity contribution in [1.29, 1.82) is 5.26 Å². The molecule has 0 heterocycles. The number of halogens is 2. The minimum Gasteiger partial charge on any atom is -0.494 e. The molecule has 1 aromatic rings. The van der Waals surface area contributed by atoms with Gasteiger partial charge in [-0.3, -0.25) is 0 Å². The molecule has 5 heteroatoms. The zero-order valence-corrected chi connectivity index (χ0v) is 9.45. The van der Waals surface area contributed by atoms with E-state index in [-0.39, 0.29) is 12.2 Å². The Morgan fingerprint density at radius 3 is 2.76 bits per heavy atom. The maximum absolute atomic E-state index is 12.2. The molecule has 0 fully saturated rings. The summed E-state index contributed by atoms with van der Waals surface area (Å²) in [5, 5.41) is 8.48. The lowest BCUT2D eigenvalue weighted by Gasteiger charge is -2.12. The number of hydrogen-bond donors (Lipinski definition) is 0. The monoisotopic (exact) mass is 241 g/mol. The summed E-state index contributed by atoms with van der Waals surface area (Å²) in [5.74, 6) is 0.546. The molecule has 1 rings (SSSR count). The number of benzene rings is 1. The highest BCUT2D eigenvalue weighted by atomic mass is 19.3. The molecule has 0 aliphatic carbocycles. The van der Waals surface area contributed by atoms with E-state index in [1.54, 1.807) is 19.1 Å². The molecule has 0 N–H and O–H groups in total. The molecule has 0 amide bonds. The van der Waals surface area contributed by atoms with Gasteiger partial charge in [0.1, 0.15) is 11.5 Å². The number of aryl methyl sites for hydroxylation is 1. The lowest BCUT2D eigenvalue weighted by Crippen LogP contribution is -2.05. The molecule has 0 unspecified atom stereocenters. The molecule has 0 saturated heterocycles. The first kappa shape index (κ1) is 13.2. The van der Waals surface area contributed by atoms with Gasteiger partial charge < -0.3 is 9.47 Å². The zero-order valence-electron chi connectivity index (χ0n) is 9.45. The third-order valence-corrected chi connectivity index (χ3v) is 2.07. The quantitative estimate of drug-likeness (QED) is 0.768. The van der Waals surface area contributed by atoms with Crippen LogP contribution in [0.1, 0.15) is 18.9 Å². The number of alkyl halides is 2. The Morgan fingerprint density at radius 1 is 1.41 bits per heavy atom. The maximum Gasteiger partial charge on any atom is 0.387 e. The molecule has 92 valence electrons. The van der Waals surface area contributed by atoms with Gasteiger partial charge in [-0.2, -0.15) is 14.0 Å². The standard InChI is InChI=1S/C12H13F2NO2/c1-2-16-10-6-5-9(4-3-7-15)11(8-10)17-12(13)14/h5-6,8,12H,2-4H2,1H3. The van der Waals surface area contributed by atoms with Crippen LogP contribution in [0, 0.1) is 11.3 Å². The fraction of sp³-hybridized carbons (Fsp3) is 0.417. The van der Waals surface area contributed by atoms with Crippen LogP contribution in [0.25, 0.3) is 0 Å². The molecular weight excluding hydrogens is 228 g/mol. The Hall–Kier alpha value is -1.83. The van der Waals surface area contributed by atoms with Crippen LogP contribution in [0.2, 0.25) is 0 Å². The summed E-state index contributed by atoms with van der Waals surface area (Å²) in [6, 6.07) is 6.70. The summed E-state index contributed by atoms with van der Waals surface area (Å²) < 4.78 is 34.0. The second-order valence-electron chi connectivity index (χ2n) is 3.24. The number of rotatable bonds is 6. The third kappa shape index (κ3) is 4.27. The van der Waals surface area contributed by atoms with Crippen molar-refractivity contribution >= 4 is 0 Å². The molecule has 17 heavy (non-hydrogen) atoms. The minimum absolute atomic E-state index is 0.0706. The van der Waals surface area contributed by atoms with Gasteiger partial charge in [-0.05, 0) is 25.0 Å². The predicted octanol–water partition coefficient (Wildman–Crippen LogP) is 3.14. The van der Waals surface area contributed by atoms with Gasteiger partial charge in [0.25, 0.3) is 0 Å². The topological polar surface area (TPSA) is 42.2 Å². The van der Waals surface area contributed by atoms with Gasteiger partial charge in [0.05, 0.1) is 12.7 Å². The van der Waals surface area contributed by atoms with E-state index in [0.29, 0.717) is 24.3 Å². The van der Waals surface area contributed by atoms with Crippen LogP contribution in [-0.4, -0.2) is 13.2 Å². The first-order valence-electron chi connectivity index (χ1n) is 5.24. The van der Waals surface area contributed by atoms with Crippen LogP contribution in [0.5, 0.6) is 11.5 Å². The van der Waals surface area contributed by atoms with Crippen molar-refractivity contribution in [3.63, 3.8) is 0 Å². The van der Waals surface area contributed by atoms with Crippen LogP contribution in [0.4, 0.5) is 8.78 Å². The summed E-state index contributed by atoms with van der Waals surface area (Å²) in [6.07, 6.45) is 0.637. The van der Waals surface area contributed by atoms with E-state index < -0.39 is 6.61 Å². The first-order chi connectivity index (χ1) is 8.17. The summed E-state index contributed by atoms with van der Waals surface area (Å²) in [6.45, 7) is -0.629. The van der Waals surface area contributed by atoms with Gasteiger partial charge in [-0.25, -0.2) is 0 Å². The van der Waals surface area contributed by atoms with Crippen molar-refractivity contribution in [2.24, 2.45) is 0 Å². The zero-order chi connectivity index (χ0) is 12.7. The van der Waals surface area contributed by atoms with E-state index in [2.05, 4.69) is 4.74 Å². The van der Waals surface area contributed by atoms with Gasteiger partial charge in [-0.15, -0.1) is 0 Å². The summed E-state index contributed by atoms with van der Waals surface area (Å²) in [4.78, 5) is 0. The minimum atomic E-state index is -2.88. The predicted molar refractivity (Wildman–Crippen MR) is 58.2 cm³/mol. The fourth-order valence-corrected chi connectivity index (χ4v) is 1.39. The molecule has 0 radical (unpaired) electrons. The number of hydrogen-bond acceptors (Lipinski definition) is 3. The largest absolute Gasteiger partial charge is 0.494 e. The van der Waals surface area contributed by atoms with Crippen molar-refractivity contribution in [2.75, 3.05) is 6.61 Å². The van der Waals surface area contributed by atoms with Crippen LogP contribution in [0.3, 0.4) is 0 Å². The van der Waals surface area contributed by atoms with Gasteiger partial charge in [0.15, 0.2) is 0 Å². The highest BCUT2D eigenvalue weighted by molar-refractivity contribution is 5.41. The van der Waals surface area contributed by atoms with E-state index in [4.69, 9.17) is 10.00 Å². The average molecular weight is 241 g/mol. The molecule has 0 saturated carbocycles. The SMILES string of the molecule is CCOc1ccc(CCC#N)c(OC(F)F)c1. The summed E-state index contributed by atoms with van der Waals surface area (Å²) >= 11 is 0. The average Bonchev–Trinajstić information content (AvgIpc) is 2.28. The van der Waals surface area contributed by atoms with E-state index in [0.717, 1.165) is 0 Å². The lowest BCUT2D eigenvalue weighted by atomic mass is 10.1. The van der Waals surface area contributed by atoms with Crippen molar-refractivity contribution in [3.8, 4) is 17.6 Å². The molecule has 0 spiro atoms. The maximum atomic E-state index is 12.2. The van der Waals surface area contributed by atoms with Crippen molar-refractivity contribution in [2.45, 2.75) is 26.4 Å². The highest BCUT2D eigenvalue weighted by Gasteiger charge is 2.11. The lowest BCUT2D eigenvalue weighted by molar-refractivity contribution is -0.0505. The molecular formula is C12H13F2NO2. The van der Waals surface area contributed by atoms with E-state index in [1.807, 2.05) is 6.07 Å². The second-order valence-corrected chi connectivity index (χ2v) is 3.24. The first-order valence-corrected chi connectivity index (χ1v) is 5.24. The molecule has 0 aliphatic heterocycles. The number of nitriles is 1. The van der Waals surface area contributed by atoms with Crippen molar-refractivity contribution < 1.29 is 18.3 Å². The molecule has 0 aliphatic rings. The van der Waals surface area contributed by atoms with E-state index in [1.165, 1.54) is 6.07 Å². The smallest absolute Gasteiger partial charge is 0.387 e. The molecule has 3 nitrogen and oxygen atoms in total. The Kier molecular flexibility index (Phi) is 5.21. The number of nitrogens with zero attached hydrogens (tertiary/aromatic N) is 1. The van der Waals surface area contributed by atoms with Crippen LogP contribution in [0.15, 0.2) is 18.2 Å². The molecule has 0 aromatic heterocycles. The highest BCUT2D eigenvalue weighted by Crippen LogP contribution is 2.27. The van der Waals surface area contributed by atoms with Crippen LogP contribution < -0.4 is 9.47 Å². The van der Waals surface area contributed by atoms with Gasteiger partial charge >= 0.3 is 6.61 Å². The van der Waals surface area contributed by atoms with Crippen LogP contribution >= 0.6 is 0 Å². The Labute approximate surface area is 98.6 Å². The van der Waals surface area contributed by atoms with E-state index in [9.17, 15) is 8.78 Å². The summed E-state index contributed by atoms with van der Waals surface area (Å²) in [5.41, 5.74) is 0.579. The van der Waals surface area contributed by atoms with Crippen molar-refractivity contribution in [3.05, 3.63) is 23.8 Å². The summed E-state index contributed by atoms with van der Waals surface area (Å²) in [7, 11) is 0. The molecule has 0 bridgehead atoms. The Bertz CT molecular complexity index is 402. The van der Waals surface area contributed by atoms with Gasteiger partial charge in [0.2, 0.25) is 0 Å². The Balaban J connectivity index is 2.90. The molecule has 0 atom stereocenters. The number of ether oxygens (including phenoxy) is 2. The van der Waals surface area contributed by atoms with Gasteiger partial charge in [0, 0.05) is 12.5 Å². The Morgan fingerprint density at radius 2 is 2.18 bits per heavy atom. The normalized spacial score (nSPS) is 10.1. The molecule has 1 aromatic carbocycles. The third-order valence-electron chi connectivity index (χ3n) is 2.07. The van der Waals surface area contributed by atoms with Crippen molar-refractivity contribution in [1.82, 2.24) is 0 Å². The van der Waals surface area contributed by atoms with Gasteiger partial charge in [-0.1, -0.05) is 6.07 Å². The van der Waals surface area contributed by atoms with E-state index >= 15 is 0 Å². The second kappa shape index (κ2) is 6.69. The fourth-order valence-electron chi connectivity index (χ4n) is 1.39. The van der Waals surface area contributed by atoms with Crippen LogP contribution in [-0.2, 0) is 6.42 Å².